The molecule has 0 bridgehead atoms. The first kappa shape index (κ1) is 15.7. The molecule has 5 heteroatoms. The van der Waals surface area contributed by atoms with Crippen LogP contribution in [0.15, 0.2) is 25.8 Å². The molecule has 0 aromatic carbocycles. The van der Waals surface area contributed by atoms with Gasteiger partial charge in [-0.1, -0.05) is 13.8 Å². The number of hydrogen-bond acceptors (Lipinski definition) is 3. The number of nitrogens with one attached hydrogen (secondary N) is 1. The minimum absolute atomic E-state index is 0.294. The Balaban J connectivity index is 2.32. The summed E-state index contributed by atoms with van der Waals surface area (Å²) in [7, 11) is 0. The van der Waals surface area contributed by atoms with Gasteiger partial charge < -0.3 is 5.32 Å². The molecular formula is C14H17Br2NS2. The first-order chi connectivity index (χ1) is 9.15. The molecule has 2 aromatic heterocycles. The molecule has 0 aliphatic rings. The van der Waals surface area contributed by atoms with Gasteiger partial charge in [-0.25, -0.2) is 0 Å². The summed E-state index contributed by atoms with van der Waals surface area (Å²) in [5.74, 6) is 0. The lowest BCUT2D eigenvalue weighted by molar-refractivity contribution is 0.606. The molecule has 0 amide bonds. The van der Waals surface area contributed by atoms with Gasteiger partial charge in [0.15, 0.2) is 0 Å². The van der Waals surface area contributed by atoms with Crippen LogP contribution >= 0.6 is 54.5 Å². The third-order valence-corrected chi connectivity index (χ3v) is 6.59. The van der Waals surface area contributed by atoms with Crippen LogP contribution in [0.5, 0.6) is 0 Å². The van der Waals surface area contributed by atoms with Crippen LogP contribution in [-0.4, -0.2) is 6.54 Å². The molecule has 2 heterocycles. The summed E-state index contributed by atoms with van der Waals surface area (Å²) < 4.78 is 2.38. The summed E-state index contributed by atoms with van der Waals surface area (Å²) in [5.41, 5.74) is 1.33. The zero-order valence-corrected chi connectivity index (χ0v) is 15.8. The summed E-state index contributed by atoms with van der Waals surface area (Å²) in [6, 6.07) is 7.01. The number of rotatable bonds is 6. The van der Waals surface area contributed by atoms with Crippen molar-refractivity contribution in [3.05, 3.63) is 41.1 Å². The lowest BCUT2D eigenvalue weighted by Crippen LogP contribution is -2.22. The minimum Gasteiger partial charge on any atom is -0.306 e. The summed E-state index contributed by atoms with van der Waals surface area (Å²) in [5, 5.41) is 3.66. The predicted octanol–water partition coefficient (Wildman–Crippen LogP) is 5.99. The van der Waals surface area contributed by atoms with Gasteiger partial charge in [-0.15, -0.1) is 22.7 Å². The van der Waals surface area contributed by atoms with Crippen molar-refractivity contribution in [3.8, 4) is 0 Å². The van der Waals surface area contributed by atoms with Gasteiger partial charge in [0.25, 0.3) is 0 Å². The van der Waals surface area contributed by atoms with Gasteiger partial charge in [0.1, 0.15) is 0 Å². The number of aryl methyl sites for hydroxylation is 1. The Bertz CT molecular complexity index is 533. The molecular weight excluding hydrogens is 406 g/mol. The molecule has 0 aliphatic carbocycles. The van der Waals surface area contributed by atoms with Gasteiger partial charge in [-0.2, -0.15) is 0 Å². The highest BCUT2D eigenvalue weighted by Gasteiger charge is 2.20. The van der Waals surface area contributed by atoms with Gasteiger partial charge in [0, 0.05) is 15.3 Å². The maximum absolute atomic E-state index is 3.68. The van der Waals surface area contributed by atoms with Crippen molar-refractivity contribution in [2.75, 3.05) is 6.54 Å². The summed E-state index contributed by atoms with van der Waals surface area (Å²) in [6.45, 7) is 5.44. The SMILES string of the molecule is CCCNC(c1ccc(CC)s1)c1cc(Br)sc1Br. The van der Waals surface area contributed by atoms with Crippen molar-refractivity contribution in [3.63, 3.8) is 0 Å². The van der Waals surface area contributed by atoms with Crippen LogP contribution in [0.2, 0.25) is 0 Å². The van der Waals surface area contributed by atoms with Gasteiger partial charge in [-0.05, 0) is 69.4 Å². The van der Waals surface area contributed by atoms with Gasteiger partial charge in [-0.3, -0.25) is 0 Å². The van der Waals surface area contributed by atoms with E-state index in [-0.39, 0.29) is 0 Å². The molecule has 19 heavy (non-hydrogen) atoms. The molecule has 2 aromatic rings. The maximum atomic E-state index is 3.68. The Labute approximate surface area is 139 Å². The van der Waals surface area contributed by atoms with E-state index in [0.29, 0.717) is 6.04 Å². The van der Waals surface area contributed by atoms with Crippen LogP contribution in [0, 0.1) is 0 Å². The average molecular weight is 423 g/mol. The van der Waals surface area contributed by atoms with Gasteiger partial charge in [0.2, 0.25) is 0 Å². The highest BCUT2D eigenvalue weighted by molar-refractivity contribution is 9.12. The lowest BCUT2D eigenvalue weighted by atomic mass is 10.1. The second-order valence-corrected chi connectivity index (χ2v) is 9.27. The van der Waals surface area contributed by atoms with Crippen LogP contribution in [0.3, 0.4) is 0 Å². The molecule has 0 saturated carbocycles. The standard InChI is InChI=1S/C14H17Br2NS2/c1-3-7-17-13(10-8-12(15)19-14(10)16)11-6-5-9(4-2)18-11/h5-6,8,13,17H,3-4,7H2,1-2H3. The average Bonchev–Trinajstić information content (AvgIpc) is 2.97. The quantitative estimate of drug-likeness (QED) is 0.602. The van der Waals surface area contributed by atoms with E-state index in [2.05, 4.69) is 69.2 Å². The van der Waals surface area contributed by atoms with E-state index in [4.69, 9.17) is 0 Å². The van der Waals surface area contributed by atoms with Crippen LogP contribution in [0.4, 0.5) is 0 Å². The maximum Gasteiger partial charge on any atom is 0.0762 e. The van der Waals surface area contributed by atoms with E-state index < -0.39 is 0 Å². The molecule has 0 aliphatic heterocycles. The zero-order chi connectivity index (χ0) is 13.8. The van der Waals surface area contributed by atoms with Crippen molar-refractivity contribution in [1.82, 2.24) is 5.32 Å². The molecule has 104 valence electrons. The fraction of sp³-hybridized carbons (Fsp3) is 0.429. The Hall–Kier alpha value is 0.320. The van der Waals surface area contributed by atoms with Crippen molar-refractivity contribution in [1.29, 1.82) is 0 Å². The molecule has 1 atom stereocenters. The molecule has 1 N–H and O–H groups in total. The second kappa shape index (κ2) is 7.36. The number of halogens is 2. The smallest absolute Gasteiger partial charge is 0.0762 e. The van der Waals surface area contributed by atoms with Crippen LogP contribution in [0.1, 0.15) is 41.6 Å². The fourth-order valence-electron chi connectivity index (χ4n) is 1.94. The van der Waals surface area contributed by atoms with Crippen molar-refractivity contribution in [2.45, 2.75) is 32.7 Å². The largest absolute Gasteiger partial charge is 0.306 e. The van der Waals surface area contributed by atoms with Crippen LogP contribution < -0.4 is 5.32 Å². The monoisotopic (exact) mass is 421 g/mol. The normalized spacial score (nSPS) is 12.8. The summed E-state index contributed by atoms with van der Waals surface area (Å²) in [6.07, 6.45) is 2.26. The van der Waals surface area contributed by atoms with Crippen molar-refractivity contribution in [2.24, 2.45) is 0 Å². The number of thiophene rings is 2. The molecule has 1 unspecified atom stereocenters. The highest BCUT2D eigenvalue weighted by Crippen LogP contribution is 2.39. The molecule has 0 saturated heterocycles. The van der Waals surface area contributed by atoms with E-state index in [0.717, 1.165) is 19.4 Å². The lowest BCUT2D eigenvalue weighted by Gasteiger charge is -2.16. The first-order valence-electron chi connectivity index (χ1n) is 6.42. The van der Waals surface area contributed by atoms with E-state index >= 15 is 0 Å². The highest BCUT2D eigenvalue weighted by atomic mass is 79.9. The molecule has 0 fully saturated rings. The van der Waals surface area contributed by atoms with Gasteiger partial charge >= 0.3 is 0 Å². The molecule has 0 spiro atoms. The predicted molar refractivity (Wildman–Crippen MR) is 93.6 cm³/mol. The van der Waals surface area contributed by atoms with E-state index in [1.54, 1.807) is 11.3 Å². The fourth-order valence-corrected chi connectivity index (χ4v) is 5.89. The van der Waals surface area contributed by atoms with E-state index in [1.807, 2.05) is 11.3 Å². The Morgan fingerprint density at radius 3 is 2.53 bits per heavy atom. The third kappa shape index (κ3) is 3.91. The Kier molecular flexibility index (Phi) is 6.09. The van der Waals surface area contributed by atoms with Crippen molar-refractivity contribution >= 4 is 54.5 Å². The zero-order valence-electron chi connectivity index (χ0n) is 11.0. The third-order valence-electron chi connectivity index (χ3n) is 2.91. The Morgan fingerprint density at radius 2 is 2.00 bits per heavy atom. The summed E-state index contributed by atoms with van der Waals surface area (Å²) in [4.78, 5) is 2.85. The minimum atomic E-state index is 0.294. The topological polar surface area (TPSA) is 12.0 Å². The second-order valence-electron chi connectivity index (χ2n) is 4.32. The van der Waals surface area contributed by atoms with Crippen LogP contribution in [-0.2, 0) is 6.42 Å². The Morgan fingerprint density at radius 1 is 1.21 bits per heavy atom. The molecule has 0 radical (unpaired) electrons. The van der Waals surface area contributed by atoms with Crippen molar-refractivity contribution < 1.29 is 0 Å². The first-order valence-corrected chi connectivity index (χ1v) is 9.64. The molecule has 2 rings (SSSR count). The summed E-state index contributed by atoms with van der Waals surface area (Å²) >= 11 is 10.9. The van der Waals surface area contributed by atoms with E-state index in [1.165, 1.54) is 22.9 Å². The number of hydrogen-bond donors (Lipinski definition) is 1. The van der Waals surface area contributed by atoms with E-state index in [9.17, 15) is 0 Å². The van der Waals surface area contributed by atoms with Gasteiger partial charge in [0.05, 0.1) is 13.6 Å². The molecule has 1 nitrogen and oxygen atoms in total. The van der Waals surface area contributed by atoms with Crippen LogP contribution in [0.25, 0.3) is 0 Å².